The van der Waals surface area contributed by atoms with Gasteiger partial charge in [0.05, 0.1) is 18.1 Å². The molecule has 1 amide bonds. The van der Waals surface area contributed by atoms with E-state index in [1.165, 1.54) is 0 Å². The van der Waals surface area contributed by atoms with Crippen LogP contribution in [0.25, 0.3) is 0 Å². The number of rotatable bonds is 7. The van der Waals surface area contributed by atoms with Crippen molar-refractivity contribution in [2.45, 2.75) is 25.8 Å². The third-order valence-electron chi connectivity index (χ3n) is 3.26. The minimum atomic E-state index is -2.99. The Labute approximate surface area is 130 Å². The summed E-state index contributed by atoms with van der Waals surface area (Å²) in [5, 5.41) is 2.68. The summed E-state index contributed by atoms with van der Waals surface area (Å²) < 4.78 is 33.5. The number of sulfone groups is 1. The van der Waals surface area contributed by atoms with E-state index in [1.54, 1.807) is 24.3 Å². The first kappa shape index (κ1) is 16.6. The van der Waals surface area contributed by atoms with E-state index in [0.29, 0.717) is 18.8 Å². The zero-order valence-corrected chi connectivity index (χ0v) is 13.4. The van der Waals surface area contributed by atoms with Crippen LogP contribution >= 0.6 is 0 Å². The molecule has 1 saturated heterocycles. The molecule has 7 heteroatoms. The average Bonchev–Trinajstić information content (AvgIpc) is 2.83. The van der Waals surface area contributed by atoms with Crippen molar-refractivity contribution < 1.29 is 22.7 Å². The lowest BCUT2D eigenvalue weighted by atomic mass is 10.2. The number of ether oxygens (including phenoxy) is 2. The van der Waals surface area contributed by atoms with Crippen molar-refractivity contribution in [1.29, 1.82) is 0 Å². The van der Waals surface area contributed by atoms with Crippen LogP contribution in [0.3, 0.4) is 0 Å². The summed E-state index contributed by atoms with van der Waals surface area (Å²) in [6.07, 6.45) is 1.41. The number of carbonyl (C=O) groups excluding carboxylic acids is 1. The number of carbonyl (C=O) groups is 1. The van der Waals surface area contributed by atoms with E-state index in [2.05, 4.69) is 5.32 Å². The highest BCUT2D eigenvalue weighted by Gasteiger charge is 2.28. The molecule has 1 heterocycles. The van der Waals surface area contributed by atoms with Gasteiger partial charge < -0.3 is 14.8 Å². The molecule has 1 aromatic carbocycles. The van der Waals surface area contributed by atoms with Crippen molar-refractivity contribution in [2.75, 3.05) is 24.7 Å². The van der Waals surface area contributed by atoms with Crippen LogP contribution in [0.4, 0.5) is 0 Å². The normalized spacial score (nSPS) is 19.6. The fourth-order valence-electron chi connectivity index (χ4n) is 2.18. The first-order valence-corrected chi connectivity index (χ1v) is 9.16. The summed E-state index contributed by atoms with van der Waals surface area (Å²) in [4.78, 5) is 11.7. The zero-order chi connectivity index (χ0) is 16.0. The molecule has 1 aliphatic heterocycles. The quantitative estimate of drug-likeness (QED) is 0.812. The molecular weight excluding hydrogens is 306 g/mol. The van der Waals surface area contributed by atoms with E-state index in [4.69, 9.17) is 9.47 Å². The maximum Gasteiger partial charge on any atom is 0.258 e. The number of nitrogens with one attached hydrogen (secondary N) is 1. The maximum absolute atomic E-state index is 11.7. The molecule has 122 valence electrons. The van der Waals surface area contributed by atoms with Crippen molar-refractivity contribution in [2.24, 2.45) is 0 Å². The molecule has 2 rings (SSSR count). The van der Waals surface area contributed by atoms with Crippen LogP contribution in [0, 0.1) is 0 Å². The van der Waals surface area contributed by atoms with Crippen molar-refractivity contribution >= 4 is 15.7 Å². The van der Waals surface area contributed by atoms with Gasteiger partial charge in [0.1, 0.15) is 11.5 Å². The number of amides is 1. The summed E-state index contributed by atoms with van der Waals surface area (Å²) in [5.74, 6) is 1.17. The van der Waals surface area contributed by atoms with Crippen molar-refractivity contribution in [3.8, 4) is 11.5 Å². The Morgan fingerprint density at radius 2 is 1.86 bits per heavy atom. The molecule has 0 aromatic heterocycles. The molecular formula is C15H21NO5S. The van der Waals surface area contributed by atoms with Crippen LogP contribution in [0.2, 0.25) is 0 Å². The van der Waals surface area contributed by atoms with Gasteiger partial charge >= 0.3 is 0 Å². The fraction of sp³-hybridized carbons (Fsp3) is 0.533. The van der Waals surface area contributed by atoms with Crippen LogP contribution in [-0.4, -0.2) is 45.1 Å². The smallest absolute Gasteiger partial charge is 0.258 e. The van der Waals surface area contributed by atoms with Crippen LogP contribution in [0.1, 0.15) is 19.8 Å². The Balaban J connectivity index is 1.74. The van der Waals surface area contributed by atoms with E-state index in [0.717, 1.165) is 12.2 Å². The van der Waals surface area contributed by atoms with Gasteiger partial charge in [-0.05, 0) is 37.1 Å². The summed E-state index contributed by atoms with van der Waals surface area (Å²) in [7, 11) is -2.99. The topological polar surface area (TPSA) is 81.7 Å². The molecule has 0 bridgehead atoms. The second kappa shape index (κ2) is 7.49. The van der Waals surface area contributed by atoms with E-state index >= 15 is 0 Å². The summed E-state index contributed by atoms with van der Waals surface area (Å²) >= 11 is 0. The van der Waals surface area contributed by atoms with Crippen LogP contribution in [0.15, 0.2) is 24.3 Å². The lowest BCUT2D eigenvalue weighted by Crippen LogP contribution is -2.38. The molecule has 0 aliphatic carbocycles. The second-order valence-electron chi connectivity index (χ2n) is 5.28. The van der Waals surface area contributed by atoms with E-state index < -0.39 is 9.84 Å². The molecule has 1 aliphatic rings. The highest BCUT2D eigenvalue weighted by molar-refractivity contribution is 7.91. The van der Waals surface area contributed by atoms with E-state index in [9.17, 15) is 13.2 Å². The largest absolute Gasteiger partial charge is 0.494 e. The minimum absolute atomic E-state index is 0.0161. The summed E-state index contributed by atoms with van der Waals surface area (Å²) in [6, 6.07) is 6.74. The first-order chi connectivity index (χ1) is 10.5. The predicted octanol–water partition coefficient (Wildman–Crippen LogP) is 1.16. The van der Waals surface area contributed by atoms with Crippen LogP contribution in [-0.2, 0) is 14.6 Å². The monoisotopic (exact) mass is 327 g/mol. The first-order valence-electron chi connectivity index (χ1n) is 7.34. The van der Waals surface area contributed by atoms with Gasteiger partial charge in [-0.2, -0.15) is 0 Å². The van der Waals surface area contributed by atoms with Gasteiger partial charge in [0, 0.05) is 6.04 Å². The highest BCUT2D eigenvalue weighted by Crippen LogP contribution is 2.17. The van der Waals surface area contributed by atoms with Gasteiger partial charge in [-0.1, -0.05) is 6.92 Å². The molecule has 1 atom stereocenters. The van der Waals surface area contributed by atoms with Crippen molar-refractivity contribution in [1.82, 2.24) is 5.32 Å². The second-order valence-corrected chi connectivity index (χ2v) is 7.50. The van der Waals surface area contributed by atoms with Gasteiger partial charge in [0.15, 0.2) is 16.4 Å². The fourth-order valence-corrected chi connectivity index (χ4v) is 3.85. The predicted molar refractivity (Wildman–Crippen MR) is 82.9 cm³/mol. The van der Waals surface area contributed by atoms with E-state index in [-0.39, 0.29) is 30.1 Å². The summed E-state index contributed by atoms with van der Waals surface area (Å²) in [5.41, 5.74) is 0. The van der Waals surface area contributed by atoms with E-state index in [1.807, 2.05) is 6.92 Å². The highest BCUT2D eigenvalue weighted by atomic mass is 32.2. The molecule has 1 N–H and O–H groups in total. The third kappa shape index (κ3) is 5.22. The van der Waals surface area contributed by atoms with Gasteiger partial charge in [-0.25, -0.2) is 8.42 Å². The SMILES string of the molecule is CCCOc1ccc(OCC(=O)NC2CCS(=O)(=O)C2)cc1. The Morgan fingerprint density at radius 3 is 2.41 bits per heavy atom. The maximum atomic E-state index is 11.7. The molecule has 1 aromatic rings. The minimum Gasteiger partial charge on any atom is -0.494 e. The van der Waals surface area contributed by atoms with Crippen molar-refractivity contribution in [3.63, 3.8) is 0 Å². The molecule has 22 heavy (non-hydrogen) atoms. The Hall–Kier alpha value is -1.76. The van der Waals surface area contributed by atoms with Crippen molar-refractivity contribution in [3.05, 3.63) is 24.3 Å². The summed E-state index contributed by atoms with van der Waals surface area (Å²) in [6.45, 7) is 2.56. The lowest BCUT2D eigenvalue weighted by molar-refractivity contribution is -0.123. The molecule has 1 fully saturated rings. The van der Waals surface area contributed by atoms with Gasteiger partial charge in [-0.3, -0.25) is 4.79 Å². The molecule has 6 nitrogen and oxygen atoms in total. The number of benzene rings is 1. The number of hydrogen-bond acceptors (Lipinski definition) is 5. The number of hydrogen-bond donors (Lipinski definition) is 1. The van der Waals surface area contributed by atoms with Crippen LogP contribution in [0.5, 0.6) is 11.5 Å². The van der Waals surface area contributed by atoms with Gasteiger partial charge in [0.25, 0.3) is 5.91 Å². The van der Waals surface area contributed by atoms with Crippen LogP contribution < -0.4 is 14.8 Å². The molecule has 0 radical (unpaired) electrons. The third-order valence-corrected chi connectivity index (χ3v) is 5.03. The molecule has 0 saturated carbocycles. The molecule has 0 spiro atoms. The Bertz CT molecular complexity index is 597. The Kier molecular flexibility index (Phi) is 5.65. The lowest BCUT2D eigenvalue weighted by Gasteiger charge is -2.12. The van der Waals surface area contributed by atoms with Gasteiger partial charge in [-0.15, -0.1) is 0 Å². The zero-order valence-electron chi connectivity index (χ0n) is 12.6. The molecule has 1 unspecified atom stereocenters. The Morgan fingerprint density at radius 1 is 1.23 bits per heavy atom. The van der Waals surface area contributed by atoms with Gasteiger partial charge in [0.2, 0.25) is 0 Å². The average molecular weight is 327 g/mol. The standard InChI is InChI=1S/C15H21NO5S/c1-2-8-20-13-3-5-14(6-4-13)21-10-15(17)16-12-7-9-22(18,19)11-12/h3-6,12H,2,7-11H2,1H3,(H,16,17).